The van der Waals surface area contributed by atoms with Gasteiger partial charge < -0.3 is 9.47 Å². The SMILES string of the molecule is COCCCn1cnc2c(c1=O)c1nc3ccccc3nc1n2N=Cc1cccc(OC)c1. The Balaban J connectivity index is 1.74. The highest BCUT2D eigenvalue weighted by atomic mass is 16.5. The molecule has 3 aromatic heterocycles. The van der Waals surface area contributed by atoms with E-state index in [4.69, 9.17) is 19.4 Å². The lowest BCUT2D eigenvalue weighted by Crippen LogP contribution is -2.21. The molecule has 0 amide bonds. The van der Waals surface area contributed by atoms with Crippen molar-refractivity contribution in [3.63, 3.8) is 0 Å². The van der Waals surface area contributed by atoms with E-state index in [-0.39, 0.29) is 5.56 Å². The van der Waals surface area contributed by atoms with Crippen molar-refractivity contribution in [1.82, 2.24) is 24.2 Å². The van der Waals surface area contributed by atoms with Crippen molar-refractivity contribution in [2.45, 2.75) is 13.0 Å². The number of aryl methyl sites for hydroxylation is 1. The van der Waals surface area contributed by atoms with Gasteiger partial charge in [-0.2, -0.15) is 9.78 Å². The molecule has 0 radical (unpaired) electrons. The molecule has 3 heterocycles. The number of aromatic nitrogens is 5. The van der Waals surface area contributed by atoms with Crippen LogP contribution in [-0.2, 0) is 11.3 Å². The molecule has 0 aliphatic rings. The number of fused-ring (bicyclic) bond motifs is 4. The van der Waals surface area contributed by atoms with E-state index in [0.717, 1.165) is 11.3 Å². The van der Waals surface area contributed by atoms with Gasteiger partial charge in [0.2, 0.25) is 0 Å². The second-order valence-electron chi connectivity index (χ2n) is 7.51. The molecule has 0 fully saturated rings. The van der Waals surface area contributed by atoms with E-state index in [0.29, 0.717) is 52.8 Å². The second-order valence-corrected chi connectivity index (χ2v) is 7.51. The number of hydrogen-bond acceptors (Lipinski definition) is 7. The van der Waals surface area contributed by atoms with Crippen LogP contribution in [0.3, 0.4) is 0 Å². The van der Waals surface area contributed by atoms with Gasteiger partial charge in [0.25, 0.3) is 5.56 Å². The Morgan fingerprint density at radius 2 is 1.85 bits per heavy atom. The van der Waals surface area contributed by atoms with Crippen molar-refractivity contribution in [2.24, 2.45) is 5.10 Å². The van der Waals surface area contributed by atoms with E-state index in [1.54, 1.807) is 29.7 Å². The summed E-state index contributed by atoms with van der Waals surface area (Å²) in [6.07, 6.45) is 3.92. The molecule has 5 aromatic rings. The summed E-state index contributed by atoms with van der Waals surface area (Å²) in [4.78, 5) is 27.5. The number of methoxy groups -OCH3 is 2. The number of rotatable bonds is 7. The highest BCUT2D eigenvalue weighted by molar-refractivity contribution is 6.04. The fraction of sp³-hybridized carbons (Fsp3) is 0.208. The molecule has 0 aliphatic carbocycles. The topological polar surface area (TPSA) is 96.4 Å². The summed E-state index contributed by atoms with van der Waals surface area (Å²) in [6.45, 7) is 1.05. The van der Waals surface area contributed by atoms with Crippen molar-refractivity contribution < 1.29 is 9.47 Å². The van der Waals surface area contributed by atoms with Crippen LogP contribution in [0.5, 0.6) is 5.75 Å². The third kappa shape index (κ3) is 3.83. The van der Waals surface area contributed by atoms with E-state index in [1.807, 2.05) is 48.5 Å². The quantitative estimate of drug-likeness (QED) is 0.284. The first-order valence-corrected chi connectivity index (χ1v) is 10.5. The van der Waals surface area contributed by atoms with Gasteiger partial charge in [-0.05, 0) is 36.2 Å². The summed E-state index contributed by atoms with van der Waals surface area (Å²) in [5.41, 5.74) is 3.44. The van der Waals surface area contributed by atoms with Crippen molar-refractivity contribution in [2.75, 3.05) is 20.8 Å². The Morgan fingerprint density at radius 1 is 1.03 bits per heavy atom. The Hall–Kier alpha value is -4.11. The van der Waals surface area contributed by atoms with Crippen LogP contribution < -0.4 is 10.3 Å². The minimum absolute atomic E-state index is 0.180. The number of nitrogens with zero attached hydrogens (tertiary/aromatic N) is 6. The van der Waals surface area contributed by atoms with Gasteiger partial charge in [0.05, 0.1) is 30.7 Å². The van der Waals surface area contributed by atoms with Crippen molar-refractivity contribution in [1.29, 1.82) is 0 Å². The van der Waals surface area contributed by atoms with Gasteiger partial charge in [-0.3, -0.25) is 9.36 Å². The third-order valence-corrected chi connectivity index (χ3v) is 5.37. The van der Waals surface area contributed by atoms with Crippen LogP contribution >= 0.6 is 0 Å². The molecule has 0 N–H and O–H groups in total. The lowest BCUT2D eigenvalue weighted by Gasteiger charge is -2.05. The van der Waals surface area contributed by atoms with Gasteiger partial charge in [0.15, 0.2) is 11.3 Å². The summed E-state index contributed by atoms with van der Waals surface area (Å²) < 4.78 is 13.6. The second kappa shape index (κ2) is 8.79. The maximum atomic E-state index is 13.4. The molecule has 2 aromatic carbocycles. The standard InChI is InChI=1S/C24H22N6O3/c1-32-12-6-11-29-15-25-22-20(24(29)31)21-23(28-19-10-4-3-9-18(19)27-21)30(22)26-14-16-7-5-8-17(13-16)33-2/h3-5,7-10,13-15H,6,11-12H2,1-2H3. The first kappa shape index (κ1) is 20.8. The zero-order valence-electron chi connectivity index (χ0n) is 18.3. The smallest absolute Gasteiger partial charge is 0.265 e. The van der Waals surface area contributed by atoms with Gasteiger partial charge in [-0.1, -0.05) is 24.3 Å². The first-order valence-electron chi connectivity index (χ1n) is 10.5. The molecular weight excluding hydrogens is 420 g/mol. The lowest BCUT2D eigenvalue weighted by molar-refractivity contribution is 0.190. The summed E-state index contributed by atoms with van der Waals surface area (Å²) in [7, 11) is 3.25. The fourth-order valence-corrected chi connectivity index (χ4v) is 3.75. The molecule has 166 valence electrons. The molecule has 0 bridgehead atoms. The monoisotopic (exact) mass is 442 g/mol. The Bertz CT molecular complexity index is 1550. The number of benzene rings is 2. The Morgan fingerprint density at radius 3 is 2.64 bits per heavy atom. The fourth-order valence-electron chi connectivity index (χ4n) is 3.75. The molecule has 0 saturated carbocycles. The summed E-state index contributed by atoms with van der Waals surface area (Å²) >= 11 is 0. The molecule has 0 saturated heterocycles. The van der Waals surface area contributed by atoms with Crippen molar-refractivity contribution in [3.05, 3.63) is 70.8 Å². The van der Waals surface area contributed by atoms with Gasteiger partial charge >= 0.3 is 0 Å². The lowest BCUT2D eigenvalue weighted by atomic mass is 10.2. The van der Waals surface area contributed by atoms with E-state index in [9.17, 15) is 4.79 Å². The average Bonchev–Trinajstić information content (AvgIpc) is 3.16. The molecule has 0 spiro atoms. The molecule has 5 rings (SSSR count). The molecule has 0 atom stereocenters. The highest BCUT2D eigenvalue weighted by Gasteiger charge is 2.19. The van der Waals surface area contributed by atoms with E-state index in [1.165, 1.54) is 6.33 Å². The maximum absolute atomic E-state index is 13.4. The summed E-state index contributed by atoms with van der Waals surface area (Å²) in [5.74, 6) is 0.726. The Labute approximate surface area is 188 Å². The molecular formula is C24H22N6O3. The predicted octanol–water partition coefficient (Wildman–Crippen LogP) is 3.22. The predicted molar refractivity (Wildman–Crippen MR) is 127 cm³/mol. The maximum Gasteiger partial charge on any atom is 0.265 e. The third-order valence-electron chi connectivity index (χ3n) is 5.37. The van der Waals surface area contributed by atoms with E-state index < -0.39 is 0 Å². The van der Waals surface area contributed by atoms with Crippen LogP contribution in [0, 0.1) is 0 Å². The van der Waals surface area contributed by atoms with Gasteiger partial charge in [-0.25, -0.2) is 15.0 Å². The number of hydrogen-bond donors (Lipinski definition) is 0. The summed E-state index contributed by atoms with van der Waals surface area (Å²) in [6, 6.07) is 15.1. The van der Waals surface area contributed by atoms with Gasteiger partial charge in [0, 0.05) is 20.3 Å². The van der Waals surface area contributed by atoms with E-state index in [2.05, 4.69) is 10.1 Å². The van der Waals surface area contributed by atoms with Gasteiger partial charge in [-0.15, -0.1) is 0 Å². The summed E-state index contributed by atoms with van der Waals surface area (Å²) in [5, 5.41) is 5.02. The van der Waals surface area contributed by atoms with Gasteiger partial charge in [0.1, 0.15) is 16.7 Å². The van der Waals surface area contributed by atoms with Crippen LogP contribution in [-0.4, -0.2) is 51.2 Å². The van der Waals surface area contributed by atoms with Crippen molar-refractivity contribution in [3.8, 4) is 5.75 Å². The minimum Gasteiger partial charge on any atom is -0.497 e. The van der Waals surface area contributed by atoms with Crippen molar-refractivity contribution >= 4 is 39.4 Å². The van der Waals surface area contributed by atoms with Crippen LogP contribution in [0.1, 0.15) is 12.0 Å². The highest BCUT2D eigenvalue weighted by Crippen LogP contribution is 2.25. The molecule has 9 nitrogen and oxygen atoms in total. The number of ether oxygens (including phenoxy) is 2. The molecule has 0 aliphatic heterocycles. The normalized spacial score (nSPS) is 11.8. The van der Waals surface area contributed by atoms with Crippen LogP contribution in [0.25, 0.3) is 33.2 Å². The first-order chi connectivity index (χ1) is 16.2. The molecule has 9 heteroatoms. The molecule has 33 heavy (non-hydrogen) atoms. The zero-order chi connectivity index (χ0) is 22.8. The van der Waals surface area contributed by atoms with Crippen LogP contribution in [0.2, 0.25) is 0 Å². The molecule has 0 unspecified atom stereocenters. The van der Waals surface area contributed by atoms with Crippen LogP contribution in [0.15, 0.2) is 64.8 Å². The van der Waals surface area contributed by atoms with Crippen LogP contribution in [0.4, 0.5) is 0 Å². The Kier molecular flexibility index (Phi) is 5.54. The number of para-hydroxylation sites is 2. The largest absolute Gasteiger partial charge is 0.497 e. The zero-order valence-corrected chi connectivity index (χ0v) is 18.3. The van der Waals surface area contributed by atoms with E-state index >= 15 is 0 Å². The average molecular weight is 442 g/mol. The minimum atomic E-state index is -0.180.